The molecule has 6 unspecified atom stereocenters. The first kappa shape index (κ1) is 18.9. The van der Waals surface area contributed by atoms with Crippen molar-refractivity contribution in [3.8, 4) is 5.75 Å². The molecule has 0 amide bonds. The van der Waals surface area contributed by atoms with Gasteiger partial charge in [-0.15, -0.1) is 0 Å². The third-order valence-corrected chi connectivity index (χ3v) is 8.21. The van der Waals surface area contributed by atoms with Gasteiger partial charge in [0.15, 0.2) is 0 Å². The fourth-order valence-corrected chi connectivity index (χ4v) is 6.95. The first-order chi connectivity index (χ1) is 13.4. The van der Waals surface area contributed by atoms with Gasteiger partial charge in [-0.3, -0.25) is 9.59 Å². The molecule has 2 aliphatic carbocycles. The number of aliphatic hydroxyl groups is 1. The molecular weight excluding hydrogens is 590 g/mol. The monoisotopic (exact) mass is 606 g/mol. The maximum Gasteiger partial charge on any atom is 0.310 e. The first-order valence-electron chi connectivity index (χ1n) is 9.01. The number of ether oxygens (including phenoxy) is 2. The highest BCUT2D eigenvalue weighted by Gasteiger charge is 2.68. The summed E-state index contributed by atoms with van der Waals surface area (Å²) >= 11 is 4.20. The van der Waals surface area contributed by atoms with Crippen LogP contribution in [0.3, 0.4) is 0 Å². The average Bonchev–Trinajstić information content (AvgIpc) is 3.28. The summed E-state index contributed by atoms with van der Waals surface area (Å²) in [6.45, 7) is 0.0952. The van der Waals surface area contributed by atoms with Crippen molar-refractivity contribution in [2.24, 2.45) is 23.7 Å². The van der Waals surface area contributed by atoms with Gasteiger partial charge >= 0.3 is 11.9 Å². The van der Waals surface area contributed by atoms with Crippen LogP contribution in [-0.2, 0) is 25.7 Å². The number of esters is 2. The number of phenolic OH excluding ortho intramolecular Hbond substituents is 1. The summed E-state index contributed by atoms with van der Waals surface area (Å²) in [4.78, 5) is 24.8. The summed E-state index contributed by atoms with van der Waals surface area (Å²) in [6.07, 6.45) is -0.589. The molecule has 0 spiro atoms. The van der Waals surface area contributed by atoms with Crippen LogP contribution in [0.15, 0.2) is 24.3 Å². The van der Waals surface area contributed by atoms with Gasteiger partial charge in [-0.2, -0.15) is 0 Å². The lowest BCUT2D eigenvalue weighted by Crippen LogP contribution is -2.41. The lowest BCUT2D eigenvalue weighted by molar-refractivity contribution is -0.157. The second kappa shape index (κ2) is 6.69. The highest BCUT2D eigenvalue weighted by Crippen LogP contribution is 2.58. The van der Waals surface area contributed by atoms with Crippen LogP contribution in [0.2, 0.25) is 0 Å². The fourth-order valence-electron chi connectivity index (χ4n) is 5.05. The summed E-state index contributed by atoms with van der Waals surface area (Å²) in [5.41, 5.74) is 0.828. The third kappa shape index (κ3) is 2.67. The number of benzene rings is 2. The number of rotatable bonds is 3. The predicted octanol–water partition coefficient (Wildman–Crippen LogP) is 2.97. The van der Waals surface area contributed by atoms with Gasteiger partial charge < -0.3 is 19.7 Å². The molecule has 6 atom stereocenters. The predicted molar refractivity (Wildman–Crippen MR) is 115 cm³/mol. The van der Waals surface area contributed by atoms with Crippen molar-refractivity contribution in [1.82, 2.24) is 0 Å². The minimum absolute atomic E-state index is 0.0671. The number of fused-ring (bicyclic) bond motifs is 2. The Morgan fingerprint density at radius 1 is 1.25 bits per heavy atom. The van der Waals surface area contributed by atoms with Gasteiger partial charge in [0.2, 0.25) is 0 Å². The highest BCUT2D eigenvalue weighted by atomic mass is 127. The van der Waals surface area contributed by atoms with Gasteiger partial charge in [-0.1, -0.05) is 12.1 Å². The lowest BCUT2D eigenvalue weighted by Gasteiger charge is -2.27. The van der Waals surface area contributed by atoms with Crippen LogP contribution in [-0.4, -0.2) is 34.4 Å². The van der Waals surface area contributed by atoms with E-state index in [4.69, 9.17) is 9.47 Å². The summed E-state index contributed by atoms with van der Waals surface area (Å²) in [5, 5.41) is 22.3. The van der Waals surface area contributed by atoms with Crippen molar-refractivity contribution in [3.05, 3.63) is 37.0 Å². The number of aromatic hydroxyl groups is 1. The molecule has 8 heteroatoms. The normalized spacial score (nSPS) is 32.8. The van der Waals surface area contributed by atoms with E-state index in [0.717, 1.165) is 23.5 Å². The topological polar surface area (TPSA) is 93.1 Å². The molecule has 1 saturated heterocycles. The second-order valence-electron chi connectivity index (χ2n) is 7.69. The van der Waals surface area contributed by atoms with Crippen molar-refractivity contribution >= 4 is 67.9 Å². The number of carbonyl (C=O) groups excluding carboxylic acids is 2. The molecule has 3 fully saturated rings. The van der Waals surface area contributed by atoms with Crippen molar-refractivity contribution in [2.75, 3.05) is 0 Å². The molecule has 1 heterocycles. The largest absolute Gasteiger partial charge is 0.506 e. The van der Waals surface area contributed by atoms with Crippen LogP contribution in [0.25, 0.3) is 10.8 Å². The van der Waals surface area contributed by atoms with Gasteiger partial charge in [0, 0.05) is 11.8 Å². The molecule has 3 aliphatic rings. The fraction of sp³-hybridized carbons (Fsp3) is 0.400. The molecule has 2 aromatic carbocycles. The Balaban J connectivity index is 1.35. The quantitative estimate of drug-likeness (QED) is 0.413. The van der Waals surface area contributed by atoms with Crippen LogP contribution in [0.5, 0.6) is 5.75 Å². The third-order valence-electron chi connectivity index (χ3n) is 6.30. The van der Waals surface area contributed by atoms with E-state index in [1.165, 1.54) is 0 Å². The van der Waals surface area contributed by atoms with Crippen molar-refractivity contribution < 1.29 is 29.3 Å². The number of hydrogen-bond acceptors (Lipinski definition) is 6. The van der Waals surface area contributed by atoms with Crippen LogP contribution in [0.1, 0.15) is 12.0 Å². The Bertz CT molecular complexity index is 1020. The molecule has 0 radical (unpaired) electrons. The zero-order chi connectivity index (χ0) is 19.7. The summed E-state index contributed by atoms with van der Waals surface area (Å²) in [5.74, 6) is -1.98. The van der Waals surface area contributed by atoms with Gasteiger partial charge in [0.25, 0.3) is 0 Å². The van der Waals surface area contributed by atoms with Gasteiger partial charge in [0.05, 0.1) is 25.1 Å². The highest BCUT2D eigenvalue weighted by molar-refractivity contribution is 14.1. The Kier molecular flexibility index (Phi) is 4.51. The van der Waals surface area contributed by atoms with Crippen molar-refractivity contribution in [3.63, 3.8) is 0 Å². The number of phenols is 1. The van der Waals surface area contributed by atoms with E-state index < -0.39 is 30.0 Å². The van der Waals surface area contributed by atoms with E-state index in [-0.39, 0.29) is 30.2 Å². The van der Waals surface area contributed by atoms with Crippen molar-refractivity contribution in [1.29, 1.82) is 0 Å². The van der Waals surface area contributed by atoms with E-state index in [1.807, 2.05) is 24.3 Å². The van der Waals surface area contributed by atoms with E-state index >= 15 is 0 Å². The first-order valence-corrected chi connectivity index (χ1v) is 11.2. The van der Waals surface area contributed by atoms with Crippen LogP contribution in [0, 0.1) is 30.8 Å². The molecule has 6 nitrogen and oxygen atoms in total. The van der Waals surface area contributed by atoms with E-state index in [1.54, 1.807) is 0 Å². The molecule has 28 heavy (non-hydrogen) atoms. The van der Waals surface area contributed by atoms with Gasteiger partial charge in [0.1, 0.15) is 18.5 Å². The number of carbonyl (C=O) groups is 2. The van der Waals surface area contributed by atoms with Gasteiger partial charge in [-0.25, -0.2) is 0 Å². The molecule has 2 aromatic rings. The standard InChI is InChI=1S/C20H16I2O6/c21-12-4-8-3-7(1-2-9(8)15(22)17(12)24)6-27-19(25)13-10-5-11-14(13)20(26)28-18(11)16(10)23/h1-4,10-11,13-14,16,18,23-24H,5-6H2. The van der Waals surface area contributed by atoms with Crippen LogP contribution in [0.4, 0.5) is 0 Å². The maximum absolute atomic E-state index is 12.7. The Morgan fingerprint density at radius 3 is 2.82 bits per heavy atom. The molecule has 2 N–H and O–H groups in total. The Hall–Kier alpha value is -1.14. The maximum atomic E-state index is 12.7. The molecule has 2 saturated carbocycles. The molecular formula is C20H16I2O6. The van der Waals surface area contributed by atoms with Crippen LogP contribution < -0.4 is 0 Å². The average molecular weight is 606 g/mol. The summed E-state index contributed by atoms with van der Waals surface area (Å²) < 4.78 is 12.3. The molecule has 146 valence electrons. The van der Waals surface area contributed by atoms with E-state index in [0.29, 0.717) is 6.42 Å². The summed E-state index contributed by atoms with van der Waals surface area (Å²) in [6, 6.07) is 7.58. The molecule has 0 aromatic heterocycles. The van der Waals surface area contributed by atoms with Crippen LogP contribution >= 0.6 is 45.2 Å². The van der Waals surface area contributed by atoms with E-state index in [9.17, 15) is 19.8 Å². The number of hydrogen-bond donors (Lipinski definition) is 2. The smallest absolute Gasteiger partial charge is 0.310 e. The molecule has 1 aliphatic heterocycles. The zero-order valence-electron chi connectivity index (χ0n) is 14.5. The SMILES string of the molecule is O=C(OCc1ccc2c(I)c(O)c(I)cc2c1)C1C2CC3C(OC(=O)C31)C2O. The Labute approximate surface area is 187 Å². The van der Waals surface area contributed by atoms with E-state index in [2.05, 4.69) is 45.2 Å². The summed E-state index contributed by atoms with van der Waals surface area (Å²) in [7, 11) is 0. The second-order valence-corrected chi connectivity index (χ2v) is 9.93. The number of aliphatic hydroxyl groups excluding tert-OH is 1. The molecule has 2 bridgehead atoms. The van der Waals surface area contributed by atoms with Crippen molar-refractivity contribution in [2.45, 2.75) is 25.2 Å². The minimum atomic E-state index is -0.775. The molecule has 5 rings (SSSR count). The Morgan fingerprint density at radius 2 is 2.04 bits per heavy atom. The number of halogens is 2. The minimum Gasteiger partial charge on any atom is -0.506 e. The lowest BCUT2D eigenvalue weighted by atomic mass is 9.78. The van der Waals surface area contributed by atoms with Gasteiger partial charge in [-0.05, 0) is 80.1 Å². The zero-order valence-corrected chi connectivity index (χ0v) is 18.8.